The molecule has 0 aliphatic heterocycles. The fourth-order valence-electron chi connectivity index (χ4n) is 0.421. The molecule has 0 aromatic carbocycles. The molecule has 13 heavy (non-hydrogen) atoms. The van der Waals surface area contributed by atoms with E-state index in [0.717, 1.165) is 0 Å². The Hall–Kier alpha value is -1.10. The van der Waals surface area contributed by atoms with Crippen molar-refractivity contribution in [3.63, 3.8) is 0 Å². The zero-order valence-corrected chi connectivity index (χ0v) is 8.46. The molecule has 5 nitrogen and oxygen atoms in total. The lowest BCUT2D eigenvalue weighted by Gasteiger charge is -2.17. The molecule has 0 aliphatic rings. The van der Waals surface area contributed by atoms with Gasteiger partial charge in [-0.3, -0.25) is 4.84 Å². The van der Waals surface area contributed by atoms with Crippen molar-refractivity contribution in [1.82, 2.24) is 0 Å². The molecular weight excluding hydrogens is 172 g/mol. The van der Waals surface area contributed by atoms with Crippen LogP contribution in [0.2, 0.25) is 0 Å². The normalized spacial score (nSPS) is 12.5. The first-order valence-corrected chi connectivity index (χ1v) is 3.98. The number of hydrogen-bond acceptors (Lipinski definition) is 5. The molecule has 0 aliphatic carbocycles. The predicted molar refractivity (Wildman–Crippen MR) is 49.5 cm³/mol. The average molecular weight is 188 g/mol. The van der Waals surface area contributed by atoms with Gasteiger partial charge in [-0.1, -0.05) is 5.16 Å². The minimum atomic E-state index is -0.819. The third-order valence-corrected chi connectivity index (χ3v) is 0.961. The first kappa shape index (κ1) is 11.9. The molecule has 0 amide bonds. The Morgan fingerprint density at radius 1 is 1.46 bits per heavy atom. The maximum absolute atomic E-state index is 10.9. The second-order valence-electron chi connectivity index (χ2n) is 3.59. The quantitative estimate of drug-likeness (QED) is 0.306. The summed E-state index contributed by atoms with van der Waals surface area (Å²) in [6.45, 7) is 7.14. The van der Waals surface area contributed by atoms with E-state index in [1.54, 1.807) is 27.7 Å². The van der Waals surface area contributed by atoms with Gasteiger partial charge in [-0.2, -0.15) is 0 Å². The molecule has 0 heterocycles. The summed E-state index contributed by atoms with van der Waals surface area (Å²) in [4.78, 5) is 15.3. The van der Waals surface area contributed by atoms with E-state index in [1.165, 1.54) is 0 Å². The number of oxime groups is 1. The molecule has 0 atom stereocenters. The molecule has 0 fully saturated rings. The van der Waals surface area contributed by atoms with E-state index in [9.17, 15) is 4.79 Å². The van der Waals surface area contributed by atoms with Gasteiger partial charge in [0.1, 0.15) is 5.60 Å². The lowest BCUT2D eigenvalue weighted by Crippen LogP contribution is -2.24. The van der Waals surface area contributed by atoms with Gasteiger partial charge in [0, 0.05) is 6.54 Å². The van der Waals surface area contributed by atoms with Gasteiger partial charge in [-0.15, -0.1) is 0 Å². The molecular formula is C8H16N2O3. The van der Waals surface area contributed by atoms with E-state index < -0.39 is 11.8 Å². The van der Waals surface area contributed by atoms with Crippen molar-refractivity contribution in [2.24, 2.45) is 10.9 Å². The average Bonchev–Trinajstić information content (AvgIpc) is 1.97. The Labute approximate surface area is 77.9 Å². The lowest BCUT2D eigenvalue weighted by atomic mass is 10.2. The van der Waals surface area contributed by atoms with Crippen molar-refractivity contribution in [3.05, 3.63) is 0 Å². The molecule has 76 valence electrons. The first-order valence-electron chi connectivity index (χ1n) is 3.98. The van der Waals surface area contributed by atoms with E-state index in [-0.39, 0.29) is 6.54 Å². The van der Waals surface area contributed by atoms with Crippen LogP contribution in [-0.4, -0.2) is 24.0 Å². The van der Waals surface area contributed by atoms with Crippen molar-refractivity contribution in [2.45, 2.75) is 33.3 Å². The summed E-state index contributed by atoms with van der Waals surface area (Å²) in [5.41, 5.74) is 5.19. The van der Waals surface area contributed by atoms with E-state index in [4.69, 9.17) is 10.5 Å². The largest absolute Gasteiger partial charge is 0.535 e. The van der Waals surface area contributed by atoms with Crippen LogP contribution in [0.25, 0.3) is 0 Å². The molecule has 0 rings (SSSR count). The molecule has 5 heteroatoms. The maximum atomic E-state index is 10.9. The molecule has 0 spiro atoms. The van der Waals surface area contributed by atoms with Gasteiger partial charge < -0.3 is 10.5 Å². The van der Waals surface area contributed by atoms with Crippen LogP contribution in [0, 0.1) is 0 Å². The van der Waals surface area contributed by atoms with Crippen LogP contribution in [0.1, 0.15) is 27.7 Å². The Balaban J connectivity index is 3.90. The first-order chi connectivity index (χ1) is 5.85. The van der Waals surface area contributed by atoms with Gasteiger partial charge in [-0.05, 0) is 27.7 Å². The van der Waals surface area contributed by atoms with Crippen molar-refractivity contribution >= 4 is 11.9 Å². The number of nitrogens with two attached hydrogens (primary N) is 1. The number of rotatable bonds is 2. The van der Waals surface area contributed by atoms with Crippen molar-refractivity contribution in [3.8, 4) is 0 Å². The minimum absolute atomic E-state index is 0.253. The third-order valence-electron chi connectivity index (χ3n) is 0.961. The van der Waals surface area contributed by atoms with Gasteiger partial charge in [0.2, 0.25) is 0 Å². The Kier molecular flexibility index (Phi) is 4.40. The molecule has 0 saturated heterocycles. The van der Waals surface area contributed by atoms with Crippen LogP contribution in [0.4, 0.5) is 4.79 Å². The van der Waals surface area contributed by atoms with Crippen LogP contribution >= 0.6 is 0 Å². The van der Waals surface area contributed by atoms with Gasteiger partial charge in [0.15, 0.2) is 0 Å². The summed E-state index contributed by atoms with van der Waals surface area (Å²) in [6.07, 6.45) is -0.819. The molecule has 0 unspecified atom stereocenters. The van der Waals surface area contributed by atoms with Crippen LogP contribution in [0.5, 0.6) is 0 Å². The molecule has 0 bridgehead atoms. The standard InChI is InChI=1S/C8H16N2O3/c1-6(5-9)10-13-7(11)12-8(2,3)4/h5,9H2,1-4H3/b10-6+. The van der Waals surface area contributed by atoms with Crippen LogP contribution < -0.4 is 5.73 Å². The van der Waals surface area contributed by atoms with Crippen LogP contribution in [0.3, 0.4) is 0 Å². The Morgan fingerprint density at radius 2 is 2.00 bits per heavy atom. The summed E-state index contributed by atoms with van der Waals surface area (Å²) in [5, 5.41) is 3.44. The maximum Gasteiger partial charge on any atom is 0.535 e. The number of nitrogens with zero attached hydrogens (tertiary/aromatic N) is 1. The summed E-state index contributed by atoms with van der Waals surface area (Å²) in [6, 6.07) is 0. The van der Waals surface area contributed by atoms with Crippen molar-refractivity contribution in [2.75, 3.05) is 6.54 Å². The minimum Gasteiger partial charge on any atom is -0.427 e. The predicted octanol–water partition coefficient (Wildman–Crippen LogP) is 1.27. The summed E-state index contributed by atoms with van der Waals surface area (Å²) in [7, 11) is 0. The summed E-state index contributed by atoms with van der Waals surface area (Å²) >= 11 is 0. The second-order valence-corrected chi connectivity index (χ2v) is 3.59. The zero-order valence-electron chi connectivity index (χ0n) is 8.46. The molecule has 0 radical (unpaired) electrons. The Bertz CT molecular complexity index is 206. The fraction of sp³-hybridized carbons (Fsp3) is 0.750. The highest BCUT2D eigenvalue weighted by atomic mass is 16.8. The molecule has 0 aromatic heterocycles. The van der Waals surface area contributed by atoms with E-state index >= 15 is 0 Å². The summed E-state index contributed by atoms with van der Waals surface area (Å²) in [5.74, 6) is 0. The SMILES string of the molecule is C/C(CN)=N\OC(=O)OC(C)(C)C. The fourth-order valence-corrected chi connectivity index (χ4v) is 0.421. The van der Waals surface area contributed by atoms with Gasteiger partial charge >= 0.3 is 6.16 Å². The van der Waals surface area contributed by atoms with E-state index in [2.05, 4.69) is 9.99 Å². The van der Waals surface area contributed by atoms with Gasteiger partial charge in [0.05, 0.1) is 5.71 Å². The number of carbonyl (C=O) groups excluding carboxylic acids is 1. The smallest absolute Gasteiger partial charge is 0.427 e. The van der Waals surface area contributed by atoms with E-state index in [1.807, 2.05) is 0 Å². The number of hydrogen-bond donors (Lipinski definition) is 1. The van der Waals surface area contributed by atoms with Gasteiger partial charge in [0.25, 0.3) is 0 Å². The highest BCUT2D eigenvalue weighted by Crippen LogP contribution is 2.07. The third kappa shape index (κ3) is 7.27. The molecule has 0 aromatic rings. The van der Waals surface area contributed by atoms with Crippen molar-refractivity contribution < 1.29 is 14.4 Å². The summed E-state index contributed by atoms with van der Waals surface area (Å²) < 4.78 is 4.82. The second kappa shape index (κ2) is 4.81. The van der Waals surface area contributed by atoms with Crippen molar-refractivity contribution in [1.29, 1.82) is 0 Å². The number of carbonyl (C=O) groups is 1. The van der Waals surface area contributed by atoms with E-state index in [0.29, 0.717) is 5.71 Å². The topological polar surface area (TPSA) is 73.9 Å². The zero-order chi connectivity index (χ0) is 10.5. The molecule has 0 saturated carbocycles. The highest BCUT2D eigenvalue weighted by molar-refractivity contribution is 5.83. The Morgan fingerprint density at radius 3 is 2.38 bits per heavy atom. The number of ether oxygens (including phenoxy) is 1. The highest BCUT2D eigenvalue weighted by Gasteiger charge is 2.17. The van der Waals surface area contributed by atoms with Gasteiger partial charge in [-0.25, -0.2) is 4.79 Å². The van der Waals surface area contributed by atoms with Crippen LogP contribution in [-0.2, 0) is 9.57 Å². The van der Waals surface area contributed by atoms with Crippen LogP contribution in [0.15, 0.2) is 5.16 Å². The lowest BCUT2D eigenvalue weighted by molar-refractivity contribution is -0.00628. The molecule has 2 N–H and O–H groups in total. The monoisotopic (exact) mass is 188 g/mol.